The Morgan fingerprint density at radius 1 is 1.09 bits per heavy atom. The molecule has 0 saturated carbocycles. The van der Waals surface area contributed by atoms with E-state index in [1.165, 1.54) is 35.1 Å². The van der Waals surface area contributed by atoms with E-state index in [-0.39, 0.29) is 52.4 Å². The molecule has 8 nitrogen and oxygen atoms in total. The van der Waals surface area contributed by atoms with E-state index in [2.05, 4.69) is 24.5 Å². The number of nitrogens with zero attached hydrogens (tertiary/aromatic N) is 5. The van der Waals surface area contributed by atoms with Gasteiger partial charge in [0.2, 0.25) is 0 Å². The minimum Gasteiger partial charge on any atom is -0.395 e. The Hall–Kier alpha value is -3.44. The molecular formula is C21H17F4N5O3. The Bertz CT molecular complexity index is 1270. The topological polar surface area (TPSA) is 81.9 Å². The van der Waals surface area contributed by atoms with Crippen molar-refractivity contribution in [3.8, 4) is 11.5 Å². The zero-order chi connectivity index (χ0) is 22.9. The molecular weight excluding hydrogens is 446 g/mol. The third kappa shape index (κ3) is 3.18. The van der Waals surface area contributed by atoms with Crippen LogP contribution in [0.2, 0.25) is 0 Å². The molecule has 0 N–H and O–H groups in total. The van der Waals surface area contributed by atoms with Gasteiger partial charge < -0.3 is 14.4 Å². The summed E-state index contributed by atoms with van der Waals surface area (Å²) < 4.78 is 64.0. The van der Waals surface area contributed by atoms with E-state index >= 15 is 0 Å². The highest BCUT2D eigenvalue weighted by Crippen LogP contribution is 2.46. The summed E-state index contributed by atoms with van der Waals surface area (Å²) in [5.41, 5.74) is 0.336. The number of hydrogen-bond donors (Lipinski definition) is 0. The molecule has 2 fully saturated rings. The number of carbonyl (C=O) groups is 1. The van der Waals surface area contributed by atoms with Gasteiger partial charge in [-0.3, -0.25) is 4.79 Å². The molecule has 1 aromatic carbocycles. The van der Waals surface area contributed by atoms with E-state index in [4.69, 9.17) is 0 Å². The first-order valence-electron chi connectivity index (χ1n) is 10.5. The number of benzene rings is 1. The lowest BCUT2D eigenvalue weighted by atomic mass is 9.86. The van der Waals surface area contributed by atoms with Gasteiger partial charge in [-0.1, -0.05) is 0 Å². The summed E-state index contributed by atoms with van der Waals surface area (Å²) in [6.07, 6.45) is -2.46. The van der Waals surface area contributed by atoms with Crippen molar-refractivity contribution in [2.45, 2.75) is 56.4 Å². The third-order valence-corrected chi connectivity index (χ3v) is 6.61. The van der Waals surface area contributed by atoms with Crippen LogP contribution >= 0.6 is 0 Å². The van der Waals surface area contributed by atoms with Gasteiger partial charge in [0.05, 0.1) is 5.69 Å². The van der Waals surface area contributed by atoms with Crippen LogP contribution in [0.3, 0.4) is 0 Å². The van der Waals surface area contributed by atoms with Crippen molar-refractivity contribution in [1.82, 2.24) is 24.5 Å². The largest absolute Gasteiger partial charge is 0.586 e. The van der Waals surface area contributed by atoms with Crippen molar-refractivity contribution in [1.29, 1.82) is 0 Å². The molecule has 0 spiro atoms. The van der Waals surface area contributed by atoms with Gasteiger partial charge in [0, 0.05) is 23.6 Å². The van der Waals surface area contributed by atoms with Crippen LogP contribution in [0.4, 0.5) is 17.6 Å². The van der Waals surface area contributed by atoms with Crippen LogP contribution < -0.4 is 9.47 Å². The molecule has 0 radical (unpaired) electrons. The third-order valence-electron chi connectivity index (χ3n) is 6.61. The molecule has 33 heavy (non-hydrogen) atoms. The van der Waals surface area contributed by atoms with Crippen molar-refractivity contribution in [2.24, 2.45) is 0 Å². The summed E-state index contributed by atoms with van der Waals surface area (Å²) in [5.74, 6) is -0.840. The molecule has 2 bridgehead atoms. The summed E-state index contributed by atoms with van der Waals surface area (Å²) >= 11 is 0. The molecule has 2 aromatic heterocycles. The fourth-order valence-corrected chi connectivity index (χ4v) is 5.28. The van der Waals surface area contributed by atoms with Gasteiger partial charge in [0.25, 0.3) is 18.1 Å². The van der Waals surface area contributed by atoms with Crippen molar-refractivity contribution < 1.29 is 31.8 Å². The second-order valence-corrected chi connectivity index (χ2v) is 8.40. The second-order valence-electron chi connectivity index (χ2n) is 8.40. The van der Waals surface area contributed by atoms with Crippen LogP contribution in [0, 0.1) is 0 Å². The highest BCUT2D eigenvalue weighted by Gasteiger charge is 2.47. The average Bonchev–Trinajstić information content (AvgIpc) is 3.45. The number of halogens is 4. The van der Waals surface area contributed by atoms with Crippen molar-refractivity contribution >= 4 is 11.7 Å². The van der Waals surface area contributed by atoms with Crippen LogP contribution in [0.15, 0.2) is 30.6 Å². The number of amides is 1. The molecule has 2 saturated heterocycles. The van der Waals surface area contributed by atoms with Gasteiger partial charge in [-0.05, 0) is 49.9 Å². The number of fused-ring (bicyclic) bond motifs is 4. The van der Waals surface area contributed by atoms with E-state index < -0.39 is 12.7 Å². The Morgan fingerprint density at radius 3 is 2.70 bits per heavy atom. The van der Waals surface area contributed by atoms with Crippen molar-refractivity contribution in [2.75, 3.05) is 0 Å². The van der Waals surface area contributed by atoms with E-state index in [0.717, 1.165) is 6.42 Å². The minimum atomic E-state index is -3.77. The molecule has 3 aliphatic rings. The highest BCUT2D eigenvalue weighted by atomic mass is 19.3. The molecule has 0 aliphatic carbocycles. The smallest absolute Gasteiger partial charge is 0.395 e. The Balaban J connectivity index is 1.35. The molecule has 6 rings (SSSR count). The summed E-state index contributed by atoms with van der Waals surface area (Å²) in [7, 11) is 0. The molecule has 0 unspecified atom stereocenters. The molecule has 12 heteroatoms. The summed E-state index contributed by atoms with van der Waals surface area (Å²) in [5, 5.41) is 4.15. The summed E-state index contributed by atoms with van der Waals surface area (Å²) in [6.45, 7) is 0. The standard InChI is InChI=1S/C21H17F4N5O3/c22-18(23)13-8-15(30-20(28-13)26-9-27-30)12-4-2-11-3-5-14(12)29(11)19(31)10-1-6-16-17(7-10)33-21(24,25)32-16/h1,6-9,11-12,14,18H,2-5H2/t11-,12-,14-/m0/s1. The quantitative estimate of drug-likeness (QED) is 0.548. The Morgan fingerprint density at radius 2 is 1.88 bits per heavy atom. The number of rotatable bonds is 3. The lowest BCUT2D eigenvalue weighted by molar-refractivity contribution is -0.286. The fraction of sp³-hybridized carbons (Fsp3) is 0.429. The first kappa shape index (κ1) is 20.2. The number of hydrogen-bond acceptors (Lipinski definition) is 6. The van der Waals surface area contributed by atoms with E-state index in [1.807, 2.05) is 0 Å². The van der Waals surface area contributed by atoms with Crippen molar-refractivity contribution in [3.05, 3.63) is 47.5 Å². The predicted octanol–water partition coefficient (Wildman–Crippen LogP) is 3.93. The van der Waals surface area contributed by atoms with Gasteiger partial charge in [0.1, 0.15) is 12.0 Å². The number of ether oxygens (including phenoxy) is 2. The van der Waals surface area contributed by atoms with Gasteiger partial charge in [-0.15, -0.1) is 8.78 Å². The molecule has 3 aromatic rings. The molecule has 5 heterocycles. The lowest BCUT2D eigenvalue weighted by Crippen LogP contribution is -2.47. The van der Waals surface area contributed by atoms with Gasteiger partial charge in [0.15, 0.2) is 11.5 Å². The van der Waals surface area contributed by atoms with Crippen LogP contribution in [-0.4, -0.2) is 48.8 Å². The van der Waals surface area contributed by atoms with E-state index in [9.17, 15) is 22.4 Å². The first-order valence-corrected chi connectivity index (χ1v) is 10.5. The molecule has 3 atom stereocenters. The SMILES string of the molecule is O=C(c1ccc2c(c1)OC(F)(F)O2)N1[C@H]2CC[C@H](c3cc(C(F)F)nc4ncnn34)[C@@H]1CC2. The first-order chi connectivity index (χ1) is 15.8. The number of aromatic nitrogens is 4. The van der Waals surface area contributed by atoms with Crippen LogP contribution in [0.1, 0.15) is 59.8 Å². The Kier molecular flexibility index (Phi) is 4.30. The van der Waals surface area contributed by atoms with Gasteiger partial charge in [-0.25, -0.2) is 18.3 Å². The van der Waals surface area contributed by atoms with E-state index in [0.29, 0.717) is 25.0 Å². The number of alkyl halides is 4. The molecule has 1 amide bonds. The number of carbonyl (C=O) groups excluding carboxylic acids is 1. The van der Waals surface area contributed by atoms with Crippen LogP contribution in [-0.2, 0) is 0 Å². The maximum atomic E-state index is 13.5. The molecule has 3 aliphatic heterocycles. The van der Waals surface area contributed by atoms with Gasteiger partial charge in [-0.2, -0.15) is 10.1 Å². The zero-order valence-electron chi connectivity index (χ0n) is 17.0. The van der Waals surface area contributed by atoms with Crippen LogP contribution in [0.25, 0.3) is 5.78 Å². The average molecular weight is 463 g/mol. The monoisotopic (exact) mass is 463 g/mol. The van der Waals surface area contributed by atoms with E-state index in [1.54, 1.807) is 4.90 Å². The van der Waals surface area contributed by atoms with Crippen molar-refractivity contribution in [3.63, 3.8) is 0 Å². The predicted molar refractivity (Wildman–Crippen MR) is 103 cm³/mol. The number of piperidine rings is 1. The maximum Gasteiger partial charge on any atom is 0.586 e. The fourth-order valence-electron chi connectivity index (χ4n) is 5.28. The highest BCUT2D eigenvalue weighted by molar-refractivity contribution is 5.95. The maximum absolute atomic E-state index is 13.5. The van der Waals surface area contributed by atoms with Crippen LogP contribution in [0.5, 0.6) is 11.5 Å². The Labute approximate surface area is 184 Å². The minimum absolute atomic E-state index is 0.0201. The summed E-state index contributed by atoms with van der Waals surface area (Å²) in [4.78, 5) is 23.0. The summed E-state index contributed by atoms with van der Waals surface area (Å²) in [6, 6.07) is 5.01. The normalized spacial score (nSPS) is 25.2. The van der Waals surface area contributed by atoms with Gasteiger partial charge >= 0.3 is 6.29 Å². The lowest BCUT2D eigenvalue weighted by Gasteiger charge is -2.40. The zero-order valence-corrected chi connectivity index (χ0v) is 17.0. The second kappa shape index (κ2) is 7.03. The molecule has 172 valence electrons.